The van der Waals surface area contributed by atoms with Gasteiger partial charge in [0.25, 0.3) is 0 Å². The number of benzene rings is 1. The second kappa shape index (κ2) is 8.56. The van der Waals surface area contributed by atoms with Crippen LogP contribution in [0.5, 0.6) is 0 Å². The molecule has 1 aliphatic rings. The fourth-order valence-electron chi connectivity index (χ4n) is 3.49. The molecule has 0 radical (unpaired) electrons. The minimum Gasteiger partial charge on any atom is -0.331 e. The second-order valence-corrected chi connectivity index (χ2v) is 7.94. The fourth-order valence-corrected chi connectivity index (χ4v) is 4.40. The molecule has 0 bridgehead atoms. The van der Waals surface area contributed by atoms with E-state index < -0.39 is 0 Å². The Balaban J connectivity index is 1.90. The van der Waals surface area contributed by atoms with Crippen LogP contribution in [0, 0.1) is 5.82 Å². The summed E-state index contributed by atoms with van der Waals surface area (Å²) in [5.74, 6) is -0.444. The predicted octanol–water partition coefficient (Wildman–Crippen LogP) is 3.53. The number of urea groups is 1. The fraction of sp³-hybridized carbons (Fsp3) is 0.333. The van der Waals surface area contributed by atoms with Crippen LogP contribution in [-0.2, 0) is 11.2 Å². The lowest BCUT2D eigenvalue weighted by atomic mass is 9.93. The largest absolute Gasteiger partial charge is 0.331 e. The third-order valence-electron chi connectivity index (χ3n) is 4.80. The lowest BCUT2D eigenvalue weighted by Crippen LogP contribution is -2.48. The average Bonchev–Trinajstić information content (AvgIpc) is 3.15. The minimum absolute atomic E-state index is 0.0276. The topological polar surface area (TPSA) is 43.9 Å². The van der Waals surface area contributed by atoms with Crippen LogP contribution >= 0.6 is 11.3 Å². The standard InChI is InChI=1S/C21H24FN3O2S/c1-4-11-24(21(27)23(2)3)14-19(26)25-12-9-18-17(10-13-28-18)20(25)15-5-7-16(22)8-6-15/h4-8,10,13,20H,1,9,11-12,14H2,2-3H3. The van der Waals surface area contributed by atoms with Gasteiger partial charge in [0.05, 0.1) is 6.04 Å². The number of hydrogen-bond acceptors (Lipinski definition) is 3. The molecule has 0 saturated carbocycles. The highest BCUT2D eigenvalue weighted by Crippen LogP contribution is 2.37. The quantitative estimate of drug-likeness (QED) is 0.720. The Hall–Kier alpha value is -2.67. The Morgan fingerprint density at radius 1 is 1.29 bits per heavy atom. The van der Waals surface area contributed by atoms with Crippen LogP contribution in [0.3, 0.4) is 0 Å². The van der Waals surface area contributed by atoms with E-state index in [0.29, 0.717) is 13.1 Å². The van der Waals surface area contributed by atoms with E-state index in [0.717, 1.165) is 17.5 Å². The highest BCUT2D eigenvalue weighted by atomic mass is 32.1. The molecule has 1 aliphatic heterocycles. The van der Waals surface area contributed by atoms with Gasteiger partial charge >= 0.3 is 6.03 Å². The Bertz CT molecular complexity index is 863. The molecule has 2 aromatic rings. The molecule has 1 atom stereocenters. The van der Waals surface area contributed by atoms with Gasteiger partial charge in [0.15, 0.2) is 0 Å². The first kappa shape index (κ1) is 20.1. The molecule has 3 rings (SSSR count). The van der Waals surface area contributed by atoms with E-state index in [4.69, 9.17) is 0 Å². The van der Waals surface area contributed by atoms with Crippen molar-refractivity contribution in [2.45, 2.75) is 12.5 Å². The Kier molecular flexibility index (Phi) is 6.14. The number of fused-ring (bicyclic) bond motifs is 1. The monoisotopic (exact) mass is 401 g/mol. The Labute approximate surface area is 168 Å². The maximum Gasteiger partial charge on any atom is 0.320 e. The molecule has 0 saturated heterocycles. The number of thiophene rings is 1. The molecular weight excluding hydrogens is 377 g/mol. The normalized spacial score (nSPS) is 15.7. The summed E-state index contributed by atoms with van der Waals surface area (Å²) in [4.78, 5) is 31.5. The van der Waals surface area contributed by atoms with E-state index in [1.165, 1.54) is 26.8 Å². The number of carbonyl (C=O) groups is 2. The Morgan fingerprint density at radius 2 is 2.00 bits per heavy atom. The molecule has 0 N–H and O–H groups in total. The van der Waals surface area contributed by atoms with Crippen molar-refractivity contribution < 1.29 is 14.0 Å². The number of halogens is 1. The first-order chi connectivity index (χ1) is 13.4. The summed E-state index contributed by atoms with van der Waals surface area (Å²) in [6.45, 7) is 4.51. The number of carbonyl (C=O) groups excluding carboxylic acids is 2. The van der Waals surface area contributed by atoms with Crippen molar-refractivity contribution in [2.24, 2.45) is 0 Å². The number of rotatable bonds is 5. The summed E-state index contributed by atoms with van der Waals surface area (Å²) in [5, 5.41) is 2.02. The smallest absolute Gasteiger partial charge is 0.320 e. The molecule has 0 spiro atoms. The first-order valence-electron chi connectivity index (χ1n) is 9.10. The van der Waals surface area contributed by atoms with Crippen molar-refractivity contribution in [3.05, 3.63) is 70.2 Å². The molecule has 0 fully saturated rings. The van der Waals surface area contributed by atoms with Crippen molar-refractivity contribution in [1.29, 1.82) is 0 Å². The van der Waals surface area contributed by atoms with E-state index in [2.05, 4.69) is 6.58 Å². The summed E-state index contributed by atoms with van der Waals surface area (Å²) in [6.07, 6.45) is 2.39. The highest BCUT2D eigenvalue weighted by molar-refractivity contribution is 7.10. The minimum atomic E-state index is -0.309. The van der Waals surface area contributed by atoms with Gasteiger partial charge in [-0.05, 0) is 41.1 Å². The van der Waals surface area contributed by atoms with Gasteiger partial charge in [-0.1, -0.05) is 18.2 Å². The van der Waals surface area contributed by atoms with Gasteiger partial charge in [-0.3, -0.25) is 4.79 Å². The van der Waals surface area contributed by atoms with Crippen molar-refractivity contribution in [3.8, 4) is 0 Å². The molecule has 2 heterocycles. The van der Waals surface area contributed by atoms with Crippen LogP contribution in [0.1, 0.15) is 22.0 Å². The third kappa shape index (κ3) is 4.09. The molecule has 1 aromatic carbocycles. The SMILES string of the molecule is C=CCN(CC(=O)N1CCc2sccc2C1c1ccc(F)cc1)C(=O)N(C)C. The third-order valence-corrected chi connectivity index (χ3v) is 5.80. The molecule has 3 amide bonds. The number of amides is 3. The van der Waals surface area contributed by atoms with Crippen molar-refractivity contribution in [2.75, 3.05) is 33.7 Å². The van der Waals surface area contributed by atoms with Crippen LogP contribution in [0.25, 0.3) is 0 Å². The van der Waals surface area contributed by atoms with E-state index in [1.807, 2.05) is 11.4 Å². The number of hydrogen-bond donors (Lipinski definition) is 0. The van der Waals surface area contributed by atoms with Gasteiger partial charge < -0.3 is 14.7 Å². The average molecular weight is 402 g/mol. The molecule has 0 aliphatic carbocycles. The molecule has 7 heteroatoms. The number of nitrogens with zero attached hydrogens (tertiary/aromatic N) is 3. The van der Waals surface area contributed by atoms with Crippen LogP contribution < -0.4 is 0 Å². The van der Waals surface area contributed by atoms with Crippen molar-refractivity contribution >= 4 is 23.3 Å². The van der Waals surface area contributed by atoms with Crippen LogP contribution in [0.15, 0.2) is 48.4 Å². The first-order valence-corrected chi connectivity index (χ1v) is 9.98. The van der Waals surface area contributed by atoms with E-state index in [1.54, 1.807) is 48.5 Å². The lowest BCUT2D eigenvalue weighted by Gasteiger charge is -2.37. The van der Waals surface area contributed by atoms with Gasteiger partial charge in [-0.2, -0.15) is 0 Å². The second-order valence-electron chi connectivity index (χ2n) is 6.94. The summed E-state index contributed by atoms with van der Waals surface area (Å²) in [5.41, 5.74) is 1.94. The zero-order chi connectivity index (χ0) is 20.3. The summed E-state index contributed by atoms with van der Waals surface area (Å²) in [7, 11) is 3.31. The highest BCUT2D eigenvalue weighted by Gasteiger charge is 2.34. The summed E-state index contributed by atoms with van der Waals surface area (Å²) >= 11 is 1.68. The molecular formula is C21H24FN3O2S. The molecule has 148 valence electrons. The van der Waals surface area contributed by atoms with E-state index in [-0.39, 0.29) is 30.3 Å². The lowest BCUT2D eigenvalue weighted by molar-refractivity contribution is -0.133. The molecule has 28 heavy (non-hydrogen) atoms. The van der Waals surface area contributed by atoms with Crippen LogP contribution in [-0.4, -0.2) is 60.4 Å². The van der Waals surface area contributed by atoms with Gasteiger partial charge in [-0.15, -0.1) is 17.9 Å². The Morgan fingerprint density at radius 3 is 2.64 bits per heavy atom. The van der Waals surface area contributed by atoms with E-state index >= 15 is 0 Å². The van der Waals surface area contributed by atoms with Gasteiger partial charge in [0, 0.05) is 32.1 Å². The van der Waals surface area contributed by atoms with Crippen LogP contribution in [0.2, 0.25) is 0 Å². The van der Waals surface area contributed by atoms with Crippen LogP contribution in [0.4, 0.5) is 9.18 Å². The van der Waals surface area contributed by atoms with Crippen molar-refractivity contribution in [1.82, 2.24) is 14.7 Å². The maximum atomic E-state index is 13.4. The molecule has 1 unspecified atom stereocenters. The zero-order valence-corrected chi connectivity index (χ0v) is 16.9. The van der Waals surface area contributed by atoms with E-state index in [9.17, 15) is 14.0 Å². The predicted molar refractivity (Wildman–Crippen MR) is 109 cm³/mol. The van der Waals surface area contributed by atoms with Crippen molar-refractivity contribution in [3.63, 3.8) is 0 Å². The summed E-state index contributed by atoms with van der Waals surface area (Å²) < 4.78 is 13.4. The maximum absolute atomic E-state index is 13.4. The van der Waals surface area contributed by atoms with Gasteiger partial charge in [0.1, 0.15) is 12.4 Å². The van der Waals surface area contributed by atoms with Gasteiger partial charge in [0.2, 0.25) is 5.91 Å². The summed E-state index contributed by atoms with van der Waals surface area (Å²) in [6, 6.07) is 7.79. The molecule has 1 aromatic heterocycles. The zero-order valence-electron chi connectivity index (χ0n) is 16.1. The molecule has 5 nitrogen and oxygen atoms in total. The van der Waals surface area contributed by atoms with Gasteiger partial charge in [-0.25, -0.2) is 9.18 Å².